The van der Waals surface area contributed by atoms with Crippen LogP contribution in [0.15, 0.2) is 12.3 Å². The number of carboxylic acids is 1. The van der Waals surface area contributed by atoms with E-state index in [4.69, 9.17) is 5.11 Å². The van der Waals surface area contributed by atoms with Crippen LogP contribution in [0.5, 0.6) is 0 Å². The Bertz CT molecular complexity index is 343. The Morgan fingerprint density at radius 1 is 1.77 bits per heavy atom. The van der Waals surface area contributed by atoms with Gasteiger partial charge in [-0.1, -0.05) is 0 Å². The number of hydrogen-bond donors (Lipinski definition) is 2. The second-order valence-corrected chi connectivity index (χ2v) is 3.37. The molecule has 1 aliphatic rings. The highest BCUT2D eigenvalue weighted by atomic mass is 16.4. The van der Waals surface area contributed by atoms with Gasteiger partial charge in [-0.15, -0.1) is 0 Å². The van der Waals surface area contributed by atoms with E-state index in [0.717, 1.165) is 5.69 Å². The highest BCUT2D eigenvalue weighted by Crippen LogP contribution is 2.16. The highest BCUT2D eigenvalue weighted by Gasteiger charge is 2.24. The largest absolute Gasteiger partial charge is 0.480 e. The molecular weight excluding hydrogens is 168 g/mol. The number of aliphatic carboxylic acids is 1. The SMILES string of the molecule is Cn1ccc2c1CC(C(=O)O)NC2. The standard InChI is InChI=1S/C9H12N2O2/c1-11-3-2-6-5-10-7(9(12)13)4-8(6)11/h2-3,7,10H,4-5H2,1H3,(H,12,13). The second kappa shape index (κ2) is 2.88. The monoisotopic (exact) mass is 180 g/mol. The molecule has 0 spiro atoms. The highest BCUT2D eigenvalue weighted by molar-refractivity contribution is 5.74. The molecule has 0 saturated carbocycles. The number of nitrogens with zero attached hydrogens (tertiary/aromatic N) is 1. The summed E-state index contributed by atoms with van der Waals surface area (Å²) in [5.74, 6) is -0.771. The minimum absolute atomic E-state index is 0.430. The maximum atomic E-state index is 10.7. The van der Waals surface area contributed by atoms with Gasteiger partial charge in [-0.3, -0.25) is 10.1 Å². The van der Waals surface area contributed by atoms with Crippen molar-refractivity contribution in [1.29, 1.82) is 0 Å². The first-order valence-corrected chi connectivity index (χ1v) is 4.28. The summed E-state index contributed by atoms with van der Waals surface area (Å²) in [5.41, 5.74) is 2.34. The van der Waals surface area contributed by atoms with Crippen molar-refractivity contribution in [2.24, 2.45) is 7.05 Å². The van der Waals surface area contributed by atoms with Crippen molar-refractivity contribution in [3.8, 4) is 0 Å². The van der Waals surface area contributed by atoms with Crippen LogP contribution in [0.2, 0.25) is 0 Å². The van der Waals surface area contributed by atoms with Gasteiger partial charge in [0.2, 0.25) is 0 Å². The average Bonchev–Trinajstić information content (AvgIpc) is 2.47. The molecule has 4 heteroatoms. The van der Waals surface area contributed by atoms with Crippen LogP contribution in [0.3, 0.4) is 0 Å². The third-order valence-corrected chi connectivity index (χ3v) is 2.53. The summed E-state index contributed by atoms with van der Waals surface area (Å²) in [6.45, 7) is 0.660. The summed E-state index contributed by atoms with van der Waals surface area (Å²) in [7, 11) is 1.95. The fourth-order valence-corrected chi connectivity index (χ4v) is 1.72. The Balaban J connectivity index is 2.27. The van der Waals surface area contributed by atoms with Gasteiger partial charge >= 0.3 is 5.97 Å². The third-order valence-electron chi connectivity index (χ3n) is 2.53. The molecular formula is C9H12N2O2. The van der Waals surface area contributed by atoms with E-state index in [-0.39, 0.29) is 0 Å². The summed E-state index contributed by atoms with van der Waals surface area (Å²) in [4.78, 5) is 10.7. The van der Waals surface area contributed by atoms with Gasteiger partial charge in [-0.25, -0.2) is 0 Å². The number of carbonyl (C=O) groups is 1. The Morgan fingerprint density at radius 3 is 3.23 bits per heavy atom. The minimum Gasteiger partial charge on any atom is -0.480 e. The van der Waals surface area contributed by atoms with E-state index in [1.807, 2.05) is 23.9 Å². The van der Waals surface area contributed by atoms with E-state index >= 15 is 0 Å². The second-order valence-electron chi connectivity index (χ2n) is 3.37. The molecule has 1 aromatic heterocycles. The summed E-state index contributed by atoms with van der Waals surface area (Å²) in [6.07, 6.45) is 2.55. The van der Waals surface area contributed by atoms with Crippen molar-refractivity contribution in [3.63, 3.8) is 0 Å². The maximum absolute atomic E-state index is 10.7. The molecule has 2 heterocycles. The zero-order chi connectivity index (χ0) is 9.42. The molecule has 0 bridgehead atoms. The van der Waals surface area contributed by atoms with Crippen molar-refractivity contribution >= 4 is 5.97 Å². The van der Waals surface area contributed by atoms with Crippen molar-refractivity contribution in [3.05, 3.63) is 23.5 Å². The predicted octanol–water partition coefficient (Wildman–Crippen LogP) is 0.124. The first kappa shape index (κ1) is 8.31. The molecule has 0 radical (unpaired) electrons. The topological polar surface area (TPSA) is 54.3 Å². The maximum Gasteiger partial charge on any atom is 0.321 e. The van der Waals surface area contributed by atoms with E-state index in [1.54, 1.807) is 0 Å². The number of rotatable bonds is 1. The number of hydrogen-bond acceptors (Lipinski definition) is 2. The fraction of sp³-hybridized carbons (Fsp3) is 0.444. The van der Waals surface area contributed by atoms with Gasteiger partial charge in [0.05, 0.1) is 0 Å². The smallest absolute Gasteiger partial charge is 0.321 e. The molecule has 0 aliphatic carbocycles. The molecule has 0 saturated heterocycles. The van der Waals surface area contributed by atoms with Gasteiger partial charge in [0.25, 0.3) is 0 Å². The van der Waals surface area contributed by atoms with E-state index in [2.05, 4.69) is 5.32 Å². The Labute approximate surface area is 76.2 Å². The van der Waals surface area contributed by atoms with Crippen LogP contribution in [0.4, 0.5) is 0 Å². The van der Waals surface area contributed by atoms with Crippen molar-refractivity contribution in [1.82, 2.24) is 9.88 Å². The zero-order valence-corrected chi connectivity index (χ0v) is 7.45. The van der Waals surface area contributed by atoms with Crippen LogP contribution < -0.4 is 5.32 Å². The van der Waals surface area contributed by atoms with Crippen LogP contribution in [-0.4, -0.2) is 21.7 Å². The van der Waals surface area contributed by atoms with Gasteiger partial charge in [0.1, 0.15) is 6.04 Å². The van der Waals surface area contributed by atoms with Crippen LogP contribution in [0, 0.1) is 0 Å². The lowest BCUT2D eigenvalue weighted by molar-refractivity contribution is -0.139. The van der Waals surface area contributed by atoms with Crippen molar-refractivity contribution in [2.45, 2.75) is 19.0 Å². The molecule has 1 unspecified atom stereocenters. The molecule has 1 atom stereocenters. The molecule has 1 aromatic rings. The lowest BCUT2D eigenvalue weighted by atomic mass is 10.0. The molecule has 70 valence electrons. The fourth-order valence-electron chi connectivity index (χ4n) is 1.72. The summed E-state index contributed by atoms with van der Waals surface area (Å²) >= 11 is 0. The Kier molecular flexibility index (Phi) is 1.84. The zero-order valence-electron chi connectivity index (χ0n) is 7.45. The van der Waals surface area contributed by atoms with Gasteiger partial charge in [0, 0.05) is 31.9 Å². The third kappa shape index (κ3) is 1.33. The number of nitrogens with one attached hydrogen (secondary N) is 1. The molecule has 0 amide bonds. The molecule has 0 fully saturated rings. The summed E-state index contributed by atoms with van der Waals surface area (Å²) in [5, 5.41) is 11.8. The Morgan fingerprint density at radius 2 is 2.54 bits per heavy atom. The molecule has 4 nitrogen and oxygen atoms in total. The number of aromatic nitrogens is 1. The van der Waals surface area contributed by atoms with Crippen LogP contribution in [-0.2, 0) is 24.8 Å². The van der Waals surface area contributed by atoms with E-state index in [9.17, 15) is 4.79 Å². The van der Waals surface area contributed by atoms with Crippen LogP contribution in [0.1, 0.15) is 11.3 Å². The number of aryl methyl sites for hydroxylation is 1. The minimum atomic E-state index is -0.771. The lowest BCUT2D eigenvalue weighted by Crippen LogP contribution is -2.41. The molecule has 2 N–H and O–H groups in total. The lowest BCUT2D eigenvalue weighted by Gasteiger charge is -2.21. The molecule has 2 rings (SSSR count). The van der Waals surface area contributed by atoms with Gasteiger partial charge < -0.3 is 9.67 Å². The first-order chi connectivity index (χ1) is 6.18. The average molecular weight is 180 g/mol. The normalized spacial score (nSPS) is 21.2. The Hall–Kier alpha value is -1.29. The van der Waals surface area contributed by atoms with Gasteiger partial charge in [-0.2, -0.15) is 0 Å². The predicted molar refractivity (Wildman–Crippen MR) is 47.4 cm³/mol. The van der Waals surface area contributed by atoms with E-state index in [1.165, 1.54) is 5.56 Å². The molecule has 0 aromatic carbocycles. The molecule has 13 heavy (non-hydrogen) atoms. The van der Waals surface area contributed by atoms with E-state index < -0.39 is 12.0 Å². The van der Waals surface area contributed by atoms with Crippen LogP contribution in [0.25, 0.3) is 0 Å². The van der Waals surface area contributed by atoms with Crippen LogP contribution >= 0.6 is 0 Å². The quantitative estimate of drug-likeness (QED) is 0.645. The summed E-state index contributed by atoms with van der Waals surface area (Å²) < 4.78 is 1.99. The van der Waals surface area contributed by atoms with Gasteiger partial charge in [0.15, 0.2) is 0 Å². The first-order valence-electron chi connectivity index (χ1n) is 4.28. The van der Waals surface area contributed by atoms with Gasteiger partial charge in [-0.05, 0) is 11.6 Å². The van der Waals surface area contributed by atoms with E-state index in [0.29, 0.717) is 13.0 Å². The number of fused-ring (bicyclic) bond motifs is 1. The molecule has 1 aliphatic heterocycles. The van der Waals surface area contributed by atoms with Crippen molar-refractivity contribution < 1.29 is 9.90 Å². The summed E-state index contributed by atoms with van der Waals surface area (Å²) in [6, 6.07) is 1.60. The number of carboxylic acid groups (broad SMARTS) is 1. The van der Waals surface area contributed by atoms with Crippen molar-refractivity contribution in [2.75, 3.05) is 0 Å².